The van der Waals surface area contributed by atoms with Crippen molar-refractivity contribution in [3.05, 3.63) is 11.5 Å². The second kappa shape index (κ2) is 11.7. The first-order chi connectivity index (χ1) is 11.7. The maximum atomic E-state index is 12.2. The molecule has 0 bridgehead atoms. The Hall–Kier alpha value is -1.76. The van der Waals surface area contributed by atoms with Crippen molar-refractivity contribution in [2.75, 3.05) is 26.4 Å². The molecule has 1 aliphatic heterocycles. The van der Waals surface area contributed by atoms with Crippen LogP contribution in [-0.4, -0.2) is 51.1 Å². The van der Waals surface area contributed by atoms with Gasteiger partial charge in [0.2, 0.25) is 5.76 Å². The van der Waals surface area contributed by atoms with Crippen molar-refractivity contribution >= 4 is 12.4 Å². The van der Waals surface area contributed by atoms with Crippen molar-refractivity contribution in [1.82, 2.24) is 0 Å². The maximum absolute atomic E-state index is 12.2. The highest BCUT2D eigenvalue weighted by atomic mass is 16.6. The average molecular weight is 344 g/mol. The predicted octanol–water partition coefficient (Wildman–Crippen LogP) is 2.33. The Balaban J connectivity index is 2.92. The summed E-state index contributed by atoms with van der Waals surface area (Å²) in [6.07, 6.45) is 2.18. The molecule has 0 aromatic carbocycles. The third-order valence-electron chi connectivity index (χ3n) is 3.45. The first kappa shape index (κ1) is 20.3. The summed E-state index contributed by atoms with van der Waals surface area (Å²) in [5.41, 5.74) is 0. The van der Waals surface area contributed by atoms with Crippen molar-refractivity contribution in [2.45, 2.75) is 58.7 Å². The number of rotatable bonds is 14. The van der Waals surface area contributed by atoms with Gasteiger partial charge in [-0.05, 0) is 19.8 Å². The summed E-state index contributed by atoms with van der Waals surface area (Å²) in [4.78, 5) is 22.6. The fourth-order valence-corrected chi connectivity index (χ4v) is 2.19. The van der Waals surface area contributed by atoms with E-state index in [1.807, 2.05) is 20.8 Å². The van der Waals surface area contributed by atoms with Crippen LogP contribution in [0.15, 0.2) is 11.5 Å². The lowest BCUT2D eigenvalue weighted by molar-refractivity contribution is -0.154. The molecule has 0 spiro atoms. The molecule has 0 saturated carbocycles. The Morgan fingerprint density at radius 2 is 1.79 bits per heavy atom. The summed E-state index contributed by atoms with van der Waals surface area (Å²) in [5, 5.41) is 0. The van der Waals surface area contributed by atoms with Gasteiger partial charge >= 0.3 is 5.97 Å². The van der Waals surface area contributed by atoms with Crippen LogP contribution < -0.4 is 0 Å². The zero-order chi connectivity index (χ0) is 17.8. The second-order valence-electron chi connectivity index (χ2n) is 5.35. The Morgan fingerprint density at radius 1 is 1.12 bits per heavy atom. The van der Waals surface area contributed by atoms with E-state index in [9.17, 15) is 9.59 Å². The van der Waals surface area contributed by atoms with Crippen LogP contribution in [-0.2, 0) is 33.3 Å². The van der Waals surface area contributed by atoms with E-state index in [1.54, 1.807) is 0 Å². The lowest BCUT2D eigenvalue weighted by atomic mass is 10.1. The molecule has 0 N–H and O–H groups in total. The zero-order valence-corrected chi connectivity index (χ0v) is 14.7. The summed E-state index contributed by atoms with van der Waals surface area (Å²) in [5.74, 6) is -0.142. The molecule has 0 amide bonds. The molecule has 0 saturated heterocycles. The highest BCUT2D eigenvalue weighted by Gasteiger charge is 2.43. The fourth-order valence-electron chi connectivity index (χ4n) is 2.19. The van der Waals surface area contributed by atoms with Gasteiger partial charge in [0.15, 0.2) is 11.9 Å². The quantitative estimate of drug-likeness (QED) is 0.272. The van der Waals surface area contributed by atoms with Gasteiger partial charge in [0, 0.05) is 6.61 Å². The van der Waals surface area contributed by atoms with Gasteiger partial charge in [-0.25, -0.2) is 4.79 Å². The van der Waals surface area contributed by atoms with E-state index in [0.717, 1.165) is 25.7 Å². The third-order valence-corrected chi connectivity index (χ3v) is 3.45. The SMILES string of the molecule is CCCCOC1=C(OCCCC)[C@@H]([C@H](COC=O)OCC)OC1=O. The van der Waals surface area contributed by atoms with Gasteiger partial charge in [-0.2, -0.15) is 0 Å². The van der Waals surface area contributed by atoms with Crippen LogP contribution in [0.25, 0.3) is 0 Å². The summed E-state index contributed by atoms with van der Waals surface area (Å²) in [6, 6.07) is 0. The number of carbonyl (C=O) groups is 2. The molecule has 7 heteroatoms. The van der Waals surface area contributed by atoms with Crippen LogP contribution >= 0.6 is 0 Å². The van der Waals surface area contributed by atoms with E-state index in [1.165, 1.54) is 0 Å². The van der Waals surface area contributed by atoms with E-state index in [4.69, 9.17) is 23.7 Å². The highest BCUT2D eigenvalue weighted by molar-refractivity contribution is 5.89. The van der Waals surface area contributed by atoms with E-state index < -0.39 is 18.2 Å². The molecular formula is C17H28O7. The number of ether oxygens (including phenoxy) is 5. The topological polar surface area (TPSA) is 80.3 Å². The predicted molar refractivity (Wildman–Crippen MR) is 86.1 cm³/mol. The highest BCUT2D eigenvalue weighted by Crippen LogP contribution is 2.29. The number of hydrogen-bond acceptors (Lipinski definition) is 7. The smallest absolute Gasteiger partial charge is 0.378 e. The van der Waals surface area contributed by atoms with Crippen molar-refractivity contribution in [3.63, 3.8) is 0 Å². The average Bonchev–Trinajstić information content (AvgIpc) is 2.88. The minimum absolute atomic E-state index is 0.0296. The Morgan fingerprint density at radius 3 is 2.38 bits per heavy atom. The minimum atomic E-state index is -0.772. The van der Waals surface area contributed by atoms with Crippen molar-refractivity contribution in [1.29, 1.82) is 0 Å². The van der Waals surface area contributed by atoms with Crippen LogP contribution in [0.1, 0.15) is 46.5 Å². The summed E-state index contributed by atoms with van der Waals surface area (Å²) in [7, 11) is 0. The van der Waals surface area contributed by atoms with Gasteiger partial charge in [-0.1, -0.05) is 26.7 Å². The molecule has 1 aliphatic rings. The molecule has 1 rings (SSSR count). The number of esters is 1. The molecule has 138 valence electrons. The molecule has 2 atom stereocenters. The van der Waals surface area contributed by atoms with Crippen LogP contribution in [0, 0.1) is 0 Å². The van der Waals surface area contributed by atoms with Crippen LogP contribution in [0.4, 0.5) is 0 Å². The standard InChI is InChI=1S/C17H28O7/c1-4-7-9-22-15-14(13(21-6-3)11-20-12-18)24-17(19)16(15)23-10-8-5-2/h12-14H,4-11H2,1-3H3/t13-,14+/m0/s1. The molecule has 1 heterocycles. The van der Waals surface area contributed by atoms with Gasteiger partial charge in [-0.3, -0.25) is 4.79 Å². The summed E-state index contributed by atoms with van der Waals surface area (Å²) < 4.78 is 27.1. The van der Waals surface area contributed by atoms with Crippen LogP contribution in [0.2, 0.25) is 0 Å². The minimum Gasteiger partial charge on any atom is -0.490 e. The molecule has 24 heavy (non-hydrogen) atoms. The van der Waals surface area contributed by atoms with Gasteiger partial charge in [0.1, 0.15) is 12.7 Å². The molecule has 0 aliphatic carbocycles. The first-order valence-corrected chi connectivity index (χ1v) is 8.57. The summed E-state index contributed by atoms with van der Waals surface area (Å²) >= 11 is 0. The molecule has 0 radical (unpaired) electrons. The van der Waals surface area contributed by atoms with Crippen molar-refractivity contribution in [2.24, 2.45) is 0 Å². The van der Waals surface area contributed by atoms with E-state index in [-0.39, 0.29) is 12.4 Å². The largest absolute Gasteiger partial charge is 0.490 e. The fraction of sp³-hybridized carbons (Fsp3) is 0.765. The lowest BCUT2D eigenvalue weighted by Crippen LogP contribution is -2.36. The second-order valence-corrected chi connectivity index (χ2v) is 5.35. The molecule has 0 aromatic rings. The number of hydrogen-bond donors (Lipinski definition) is 0. The third kappa shape index (κ3) is 6.03. The molecule has 7 nitrogen and oxygen atoms in total. The molecule has 0 unspecified atom stereocenters. The van der Waals surface area contributed by atoms with Gasteiger partial charge in [0.25, 0.3) is 6.47 Å². The van der Waals surface area contributed by atoms with Gasteiger partial charge in [0.05, 0.1) is 13.2 Å². The lowest BCUT2D eigenvalue weighted by Gasteiger charge is -2.23. The monoisotopic (exact) mass is 344 g/mol. The molecular weight excluding hydrogens is 316 g/mol. The maximum Gasteiger partial charge on any atom is 0.378 e. The first-order valence-electron chi connectivity index (χ1n) is 8.57. The van der Waals surface area contributed by atoms with Crippen molar-refractivity contribution < 1.29 is 33.3 Å². The Labute approximate surface area is 143 Å². The van der Waals surface area contributed by atoms with E-state index in [2.05, 4.69) is 0 Å². The summed E-state index contributed by atoms with van der Waals surface area (Å²) in [6.45, 7) is 7.45. The Bertz CT molecular complexity index is 419. The number of carbonyl (C=O) groups excluding carboxylic acids is 2. The van der Waals surface area contributed by atoms with Crippen molar-refractivity contribution in [3.8, 4) is 0 Å². The van der Waals surface area contributed by atoms with Gasteiger partial charge in [-0.15, -0.1) is 0 Å². The Kier molecular flexibility index (Phi) is 9.91. The number of cyclic esters (lactones) is 1. The van der Waals surface area contributed by atoms with Crippen LogP contribution in [0.5, 0.6) is 0 Å². The van der Waals surface area contributed by atoms with Gasteiger partial charge < -0.3 is 23.7 Å². The van der Waals surface area contributed by atoms with E-state index >= 15 is 0 Å². The normalized spacial score (nSPS) is 18.3. The molecule has 0 aromatic heterocycles. The zero-order valence-electron chi connectivity index (χ0n) is 14.7. The van der Waals surface area contributed by atoms with E-state index in [0.29, 0.717) is 32.1 Å². The van der Waals surface area contributed by atoms with Crippen LogP contribution in [0.3, 0.4) is 0 Å². The number of unbranched alkanes of at least 4 members (excludes halogenated alkanes) is 2. The molecule has 0 fully saturated rings.